The number of benzene rings is 2. The van der Waals surface area contributed by atoms with Gasteiger partial charge < -0.3 is 5.32 Å². The van der Waals surface area contributed by atoms with Gasteiger partial charge in [0.1, 0.15) is 17.5 Å². The molecule has 19 heavy (non-hydrogen) atoms. The number of hydrogen-bond donors (Lipinski definition) is 1. The second-order valence-electron chi connectivity index (χ2n) is 4.04. The monoisotopic (exact) mass is 265 g/mol. The molecule has 0 fully saturated rings. The van der Waals surface area contributed by atoms with Crippen molar-refractivity contribution in [2.45, 2.75) is 6.92 Å². The molecule has 0 saturated heterocycles. The molecule has 1 N–H and O–H groups in total. The number of halogens is 3. The quantitative estimate of drug-likeness (QED) is 0.882. The molecule has 0 aromatic heterocycles. The SMILES string of the molecule is Cc1ccc(F)cc1NC(=O)c1cc(F)ccc1F. The lowest BCUT2D eigenvalue weighted by molar-refractivity contribution is 0.102. The minimum atomic E-state index is -0.840. The molecule has 2 nitrogen and oxygen atoms in total. The Morgan fingerprint density at radius 2 is 1.63 bits per heavy atom. The summed E-state index contributed by atoms with van der Waals surface area (Å²) in [7, 11) is 0. The van der Waals surface area contributed by atoms with Crippen LogP contribution >= 0.6 is 0 Å². The van der Waals surface area contributed by atoms with E-state index >= 15 is 0 Å². The lowest BCUT2D eigenvalue weighted by atomic mass is 10.1. The Balaban J connectivity index is 2.30. The number of anilines is 1. The van der Waals surface area contributed by atoms with Crippen molar-refractivity contribution >= 4 is 11.6 Å². The lowest BCUT2D eigenvalue weighted by Gasteiger charge is -2.09. The first-order valence-electron chi connectivity index (χ1n) is 5.50. The Bertz CT molecular complexity index is 641. The fourth-order valence-corrected chi connectivity index (χ4v) is 1.59. The first-order valence-corrected chi connectivity index (χ1v) is 5.50. The molecule has 0 saturated carbocycles. The van der Waals surface area contributed by atoms with Gasteiger partial charge in [0.05, 0.1) is 5.56 Å². The van der Waals surface area contributed by atoms with Gasteiger partial charge in [-0.15, -0.1) is 0 Å². The Kier molecular flexibility index (Phi) is 3.55. The van der Waals surface area contributed by atoms with Gasteiger partial charge in [0, 0.05) is 5.69 Å². The predicted octanol–water partition coefficient (Wildman–Crippen LogP) is 3.66. The Hall–Kier alpha value is -2.30. The highest BCUT2D eigenvalue weighted by Crippen LogP contribution is 2.18. The van der Waals surface area contributed by atoms with E-state index in [0.717, 1.165) is 24.3 Å². The van der Waals surface area contributed by atoms with Gasteiger partial charge in [-0.05, 0) is 42.8 Å². The summed E-state index contributed by atoms with van der Waals surface area (Å²) in [5.41, 5.74) is 0.406. The minimum Gasteiger partial charge on any atom is -0.322 e. The fourth-order valence-electron chi connectivity index (χ4n) is 1.59. The van der Waals surface area contributed by atoms with Crippen molar-refractivity contribution in [1.29, 1.82) is 0 Å². The molecule has 2 aromatic rings. The van der Waals surface area contributed by atoms with E-state index in [1.165, 1.54) is 12.1 Å². The summed E-state index contributed by atoms with van der Waals surface area (Å²) in [5.74, 6) is -2.92. The van der Waals surface area contributed by atoms with Gasteiger partial charge in [-0.25, -0.2) is 13.2 Å². The molecule has 0 bridgehead atoms. The molecule has 0 aliphatic heterocycles. The van der Waals surface area contributed by atoms with Crippen molar-refractivity contribution in [3.8, 4) is 0 Å². The largest absolute Gasteiger partial charge is 0.322 e. The van der Waals surface area contributed by atoms with Crippen LogP contribution in [-0.4, -0.2) is 5.91 Å². The van der Waals surface area contributed by atoms with Gasteiger partial charge in [0.15, 0.2) is 0 Å². The number of carbonyl (C=O) groups excluding carboxylic acids is 1. The van der Waals surface area contributed by atoms with Gasteiger partial charge in [0.2, 0.25) is 0 Å². The van der Waals surface area contributed by atoms with E-state index in [1.807, 2.05) is 0 Å². The summed E-state index contributed by atoms with van der Waals surface area (Å²) < 4.78 is 39.4. The van der Waals surface area contributed by atoms with E-state index in [-0.39, 0.29) is 5.69 Å². The molecule has 0 aliphatic rings. The molecule has 0 heterocycles. The van der Waals surface area contributed by atoms with Crippen LogP contribution in [0.5, 0.6) is 0 Å². The van der Waals surface area contributed by atoms with Crippen LogP contribution in [0.1, 0.15) is 15.9 Å². The number of rotatable bonds is 2. The van der Waals surface area contributed by atoms with E-state index in [1.54, 1.807) is 6.92 Å². The molecule has 2 aromatic carbocycles. The van der Waals surface area contributed by atoms with Crippen LogP contribution < -0.4 is 5.32 Å². The average Bonchev–Trinajstić information content (AvgIpc) is 2.36. The second-order valence-corrected chi connectivity index (χ2v) is 4.04. The molecule has 5 heteroatoms. The number of aryl methyl sites for hydroxylation is 1. The maximum absolute atomic E-state index is 13.4. The summed E-state index contributed by atoms with van der Waals surface area (Å²) >= 11 is 0. The van der Waals surface area contributed by atoms with Crippen LogP contribution in [0.25, 0.3) is 0 Å². The van der Waals surface area contributed by atoms with Crippen molar-refractivity contribution < 1.29 is 18.0 Å². The fraction of sp³-hybridized carbons (Fsp3) is 0.0714. The minimum absolute atomic E-state index is 0.216. The zero-order valence-corrected chi connectivity index (χ0v) is 10.0. The third kappa shape index (κ3) is 2.93. The number of carbonyl (C=O) groups is 1. The average molecular weight is 265 g/mol. The summed E-state index contributed by atoms with van der Waals surface area (Å²) in [5, 5.41) is 2.35. The van der Waals surface area contributed by atoms with Gasteiger partial charge in [0.25, 0.3) is 5.91 Å². The van der Waals surface area contributed by atoms with E-state index in [9.17, 15) is 18.0 Å². The molecule has 98 valence electrons. The van der Waals surface area contributed by atoms with Gasteiger partial charge in [-0.2, -0.15) is 0 Å². The van der Waals surface area contributed by atoms with E-state index in [2.05, 4.69) is 5.32 Å². The summed E-state index contributed by atoms with van der Waals surface area (Å²) in [6, 6.07) is 6.41. The van der Waals surface area contributed by atoms with Crippen LogP contribution in [-0.2, 0) is 0 Å². The van der Waals surface area contributed by atoms with Crippen LogP contribution in [0.4, 0.5) is 18.9 Å². The highest BCUT2D eigenvalue weighted by atomic mass is 19.1. The molecule has 2 rings (SSSR count). The molecule has 0 aliphatic carbocycles. The maximum Gasteiger partial charge on any atom is 0.258 e. The molecule has 0 spiro atoms. The highest BCUT2D eigenvalue weighted by Gasteiger charge is 2.14. The zero-order valence-electron chi connectivity index (χ0n) is 10.0. The van der Waals surface area contributed by atoms with Gasteiger partial charge >= 0.3 is 0 Å². The van der Waals surface area contributed by atoms with E-state index in [0.29, 0.717) is 5.56 Å². The van der Waals surface area contributed by atoms with Crippen molar-refractivity contribution in [2.24, 2.45) is 0 Å². The first kappa shape index (κ1) is 13.1. The molecule has 0 atom stereocenters. The standard InChI is InChI=1S/C14H10F3NO/c1-8-2-3-10(16)7-13(8)18-14(19)11-6-9(15)4-5-12(11)17/h2-7H,1H3,(H,18,19). The van der Waals surface area contributed by atoms with Crippen LogP contribution in [0.2, 0.25) is 0 Å². The van der Waals surface area contributed by atoms with Gasteiger partial charge in [-0.1, -0.05) is 6.07 Å². The van der Waals surface area contributed by atoms with Crippen LogP contribution in [0, 0.1) is 24.4 Å². The number of amides is 1. The second kappa shape index (κ2) is 5.14. The highest BCUT2D eigenvalue weighted by molar-refractivity contribution is 6.04. The predicted molar refractivity (Wildman–Crippen MR) is 65.4 cm³/mol. The summed E-state index contributed by atoms with van der Waals surface area (Å²) in [6.45, 7) is 1.66. The molecule has 0 unspecified atom stereocenters. The third-order valence-corrected chi connectivity index (χ3v) is 2.62. The first-order chi connectivity index (χ1) is 8.97. The van der Waals surface area contributed by atoms with Gasteiger partial charge in [-0.3, -0.25) is 4.79 Å². The Labute approximate surface area is 107 Å². The topological polar surface area (TPSA) is 29.1 Å². The lowest BCUT2D eigenvalue weighted by Crippen LogP contribution is -2.15. The molecule has 0 radical (unpaired) electrons. The summed E-state index contributed by atoms with van der Waals surface area (Å²) in [6.07, 6.45) is 0. The number of hydrogen-bond acceptors (Lipinski definition) is 1. The van der Waals surface area contributed by atoms with Crippen LogP contribution in [0.15, 0.2) is 36.4 Å². The van der Waals surface area contributed by atoms with Crippen molar-refractivity contribution in [3.05, 3.63) is 65.0 Å². The third-order valence-electron chi connectivity index (χ3n) is 2.62. The molecular weight excluding hydrogens is 255 g/mol. The number of nitrogens with one attached hydrogen (secondary N) is 1. The van der Waals surface area contributed by atoms with E-state index < -0.39 is 28.9 Å². The van der Waals surface area contributed by atoms with Crippen molar-refractivity contribution in [1.82, 2.24) is 0 Å². The smallest absolute Gasteiger partial charge is 0.258 e. The van der Waals surface area contributed by atoms with Crippen molar-refractivity contribution in [3.63, 3.8) is 0 Å². The van der Waals surface area contributed by atoms with E-state index in [4.69, 9.17) is 0 Å². The normalized spacial score (nSPS) is 10.3. The molecule has 1 amide bonds. The van der Waals surface area contributed by atoms with Crippen LogP contribution in [0.3, 0.4) is 0 Å². The van der Waals surface area contributed by atoms with Crippen molar-refractivity contribution in [2.75, 3.05) is 5.32 Å². The Morgan fingerprint density at radius 1 is 1.00 bits per heavy atom. The summed E-state index contributed by atoms with van der Waals surface area (Å²) in [4.78, 5) is 11.8. The Morgan fingerprint density at radius 3 is 2.37 bits per heavy atom. The molecular formula is C14H10F3NO. The zero-order chi connectivity index (χ0) is 14.0. The maximum atomic E-state index is 13.4.